The number of hydrogen-bond acceptors (Lipinski definition) is 9. The lowest BCUT2D eigenvalue weighted by molar-refractivity contribution is -0.153. The van der Waals surface area contributed by atoms with Crippen LogP contribution >= 0.6 is 0 Å². The standard InChI is InChI=1S/C38H49N3O8S/c1-5-26-21-38(26,36(45)40-50(46,47)28-13-14-28)22-32(42)31-19-27-23-41(31)35(44)30(37(2,3)4)20-33(43)48-17-9-7-6-8-10-24-11-12-25-15-16-39-34(49-27)29(25)18-24/h5,11-12,15-16,18,26-28,30-31H,1,6-10,13-14,17,19-23H2,2-4H3,(H,40,45)/t26-,27+,30+,31-,38+/m0/s1. The first-order valence-electron chi connectivity index (χ1n) is 17.9. The molecule has 4 bridgehead atoms. The van der Waals surface area contributed by atoms with E-state index in [0.717, 1.165) is 48.4 Å². The zero-order valence-corrected chi connectivity index (χ0v) is 30.1. The number of amides is 2. The molecule has 1 N–H and O–H groups in total. The maximum atomic E-state index is 14.5. The number of carbonyl (C=O) groups excluding carboxylic acids is 4. The number of esters is 1. The first-order chi connectivity index (χ1) is 23.7. The Kier molecular flexibility index (Phi) is 10.1. The summed E-state index contributed by atoms with van der Waals surface area (Å²) in [5, 5.41) is 1.22. The number of allylic oxidation sites excluding steroid dienone is 1. The van der Waals surface area contributed by atoms with Gasteiger partial charge in [-0.2, -0.15) is 0 Å². The number of fused-ring (bicyclic) bond motifs is 3. The summed E-state index contributed by atoms with van der Waals surface area (Å²) >= 11 is 0. The molecule has 6 rings (SSSR count). The van der Waals surface area contributed by atoms with E-state index in [1.54, 1.807) is 12.3 Å². The van der Waals surface area contributed by atoms with E-state index in [2.05, 4.69) is 28.4 Å². The Balaban J connectivity index is 1.32. The van der Waals surface area contributed by atoms with Gasteiger partial charge in [0.2, 0.25) is 27.7 Å². The summed E-state index contributed by atoms with van der Waals surface area (Å²) in [7, 11) is -3.83. The van der Waals surface area contributed by atoms with Gasteiger partial charge in [-0.15, -0.1) is 6.58 Å². The highest BCUT2D eigenvalue weighted by molar-refractivity contribution is 7.90. The van der Waals surface area contributed by atoms with E-state index >= 15 is 0 Å². The van der Waals surface area contributed by atoms with Gasteiger partial charge in [0.25, 0.3) is 0 Å². The molecule has 50 heavy (non-hydrogen) atoms. The number of aromatic nitrogens is 1. The van der Waals surface area contributed by atoms with Gasteiger partial charge in [-0.25, -0.2) is 13.4 Å². The third-order valence-electron chi connectivity index (χ3n) is 10.9. The Morgan fingerprint density at radius 3 is 2.58 bits per heavy atom. The smallest absolute Gasteiger partial charge is 0.306 e. The molecule has 2 aliphatic heterocycles. The summed E-state index contributed by atoms with van der Waals surface area (Å²) in [5.74, 6) is -2.64. The van der Waals surface area contributed by atoms with Crippen LogP contribution in [-0.2, 0) is 40.4 Å². The summed E-state index contributed by atoms with van der Waals surface area (Å²) in [6.07, 6.45) is 8.20. The molecule has 2 amide bonds. The number of nitrogens with zero attached hydrogens (tertiary/aromatic N) is 2. The lowest BCUT2D eigenvalue weighted by Crippen LogP contribution is -2.48. The van der Waals surface area contributed by atoms with Crippen LogP contribution in [0.25, 0.3) is 10.8 Å². The van der Waals surface area contributed by atoms with Crippen LogP contribution < -0.4 is 9.46 Å². The fraction of sp³-hybridized carbons (Fsp3) is 0.605. The Morgan fingerprint density at radius 1 is 1.12 bits per heavy atom. The molecule has 270 valence electrons. The molecular weight excluding hydrogens is 658 g/mol. The van der Waals surface area contributed by atoms with E-state index in [1.807, 2.05) is 32.9 Å². The molecule has 0 spiro atoms. The second-order valence-corrected chi connectivity index (χ2v) is 17.6. The van der Waals surface area contributed by atoms with Gasteiger partial charge in [0.15, 0.2) is 5.78 Å². The Bertz CT molecular complexity index is 1780. The molecule has 3 heterocycles. The second-order valence-electron chi connectivity index (χ2n) is 15.7. The maximum Gasteiger partial charge on any atom is 0.306 e. The van der Waals surface area contributed by atoms with Crippen molar-refractivity contribution in [3.8, 4) is 5.88 Å². The van der Waals surface area contributed by atoms with Crippen molar-refractivity contribution in [2.45, 2.75) is 109 Å². The average molecular weight is 708 g/mol. The summed E-state index contributed by atoms with van der Waals surface area (Å²) in [5.41, 5.74) is -0.754. The predicted octanol–water partition coefficient (Wildman–Crippen LogP) is 5.06. The third kappa shape index (κ3) is 7.75. The molecule has 0 unspecified atom stereocenters. The maximum absolute atomic E-state index is 14.5. The minimum atomic E-state index is -3.83. The molecule has 1 saturated heterocycles. The molecule has 2 aromatic rings. The molecule has 11 nitrogen and oxygen atoms in total. The number of nitrogens with one attached hydrogen (secondary N) is 1. The van der Waals surface area contributed by atoms with Gasteiger partial charge < -0.3 is 14.4 Å². The van der Waals surface area contributed by atoms with Gasteiger partial charge in [-0.3, -0.25) is 23.9 Å². The number of ketones is 1. The molecule has 2 aliphatic carbocycles. The van der Waals surface area contributed by atoms with Crippen molar-refractivity contribution >= 4 is 44.4 Å². The van der Waals surface area contributed by atoms with Crippen LogP contribution in [0.3, 0.4) is 0 Å². The third-order valence-corrected chi connectivity index (χ3v) is 12.7. The van der Waals surface area contributed by atoms with Crippen LogP contribution in [0.15, 0.2) is 43.1 Å². The minimum Gasteiger partial charge on any atom is -0.472 e. The molecule has 1 aromatic heterocycles. The lowest BCUT2D eigenvalue weighted by Gasteiger charge is -2.34. The van der Waals surface area contributed by atoms with Crippen molar-refractivity contribution in [1.29, 1.82) is 0 Å². The number of pyridine rings is 1. The van der Waals surface area contributed by atoms with E-state index in [0.29, 0.717) is 18.7 Å². The zero-order valence-electron chi connectivity index (χ0n) is 29.3. The van der Waals surface area contributed by atoms with Crippen molar-refractivity contribution in [2.75, 3.05) is 13.2 Å². The Hall–Kier alpha value is -3.80. The number of hydrogen-bond donors (Lipinski definition) is 1. The topological polar surface area (TPSA) is 149 Å². The number of sulfonamides is 1. The first-order valence-corrected chi connectivity index (χ1v) is 19.5. The fourth-order valence-corrected chi connectivity index (χ4v) is 8.88. The van der Waals surface area contributed by atoms with Crippen LogP contribution in [0.5, 0.6) is 5.88 Å². The highest BCUT2D eigenvalue weighted by Gasteiger charge is 2.61. The SMILES string of the molecule is C=C[C@H]1C[C@]1(CC(=O)[C@@H]1C[C@@H]2CN1C(=O)[C@H](C(C)(C)C)CC(=O)OCCCCCCc1ccc3ccnc(c3c1)O2)C(=O)NS(=O)(=O)C1CC1. The van der Waals surface area contributed by atoms with Crippen molar-refractivity contribution < 1.29 is 37.1 Å². The number of carbonyl (C=O) groups is 4. The molecule has 12 heteroatoms. The normalized spacial score (nSPS) is 28.2. The first kappa shape index (κ1) is 36.0. The highest BCUT2D eigenvalue weighted by Crippen LogP contribution is 2.57. The van der Waals surface area contributed by atoms with Gasteiger partial charge >= 0.3 is 5.97 Å². The van der Waals surface area contributed by atoms with Gasteiger partial charge in [-0.05, 0) is 72.9 Å². The fourth-order valence-electron chi connectivity index (χ4n) is 7.50. The van der Waals surface area contributed by atoms with Crippen molar-refractivity contribution in [3.05, 3.63) is 48.7 Å². The highest BCUT2D eigenvalue weighted by atomic mass is 32.2. The average Bonchev–Trinajstić information content (AvgIpc) is 3.99. The van der Waals surface area contributed by atoms with Crippen molar-refractivity contribution in [2.24, 2.45) is 22.7 Å². The molecule has 3 fully saturated rings. The number of Topliss-reactive ketones (excluding diaryl/α,β-unsaturated/α-hetero) is 1. The van der Waals surface area contributed by atoms with Gasteiger partial charge in [0, 0.05) is 24.4 Å². The summed E-state index contributed by atoms with van der Waals surface area (Å²) in [4.78, 5) is 61.5. The van der Waals surface area contributed by atoms with Gasteiger partial charge in [0.05, 0.1) is 42.2 Å². The Morgan fingerprint density at radius 2 is 1.88 bits per heavy atom. The van der Waals surface area contributed by atoms with Crippen LogP contribution in [0.1, 0.15) is 90.5 Å². The zero-order chi connectivity index (χ0) is 35.8. The molecule has 0 radical (unpaired) electrons. The van der Waals surface area contributed by atoms with Gasteiger partial charge in [0.1, 0.15) is 6.10 Å². The van der Waals surface area contributed by atoms with E-state index in [-0.39, 0.29) is 56.4 Å². The summed E-state index contributed by atoms with van der Waals surface area (Å²) in [6, 6.07) is 7.20. The predicted molar refractivity (Wildman–Crippen MR) is 187 cm³/mol. The van der Waals surface area contributed by atoms with E-state index < -0.39 is 56.0 Å². The van der Waals surface area contributed by atoms with Crippen LogP contribution in [0.2, 0.25) is 0 Å². The molecular formula is C38H49N3O8S. The molecule has 5 atom stereocenters. The van der Waals surface area contributed by atoms with E-state index in [9.17, 15) is 27.6 Å². The van der Waals surface area contributed by atoms with E-state index in [1.165, 1.54) is 4.90 Å². The van der Waals surface area contributed by atoms with Crippen LogP contribution in [-0.4, -0.2) is 72.4 Å². The van der Waals surface area contributed by atoms with Crippen molar-refractivity contribution in [3.63, 3.8) is 0 Å². The lowest BCUT2D eigenvalue weighted by atomic mass is 9.77. The monoisotopic (exact) mass is 707 g/mol. The van der Waals surface area contributed by atoms with Gasteiger partial charge in [-0.1, -0.05) is 51.8 Å². The van der Waals surface area contributed by atoms with Crippen LogP contribution in [0, 0.1) is 22.7 Å². The molecule has 4 aliphatic rings. The quantitative estimate of drug-likeness (QED) is 0.308. The Labute approximate surface area is 294 Å². The number of benzene rings is 1. The minimum absolute atomic E-state index is 0.0781. The number of rotatable bonds is 7. The second kappa shape index (κ2) is 14.1. The molecule has 1 aromatic carbocycles. The summed E-state index contributed by atoms with van der Waals surface area (Å²) in [6.45, 7) is 9.83. The molecule has 2 saturated carbocycles. The number of ether oxygens (including phenoxy) is 2. The van der Waals surface area contributed by atoms with Crippen molar-refractivity contribution in [1.82, 2.24) is 14.6 Å². The largest absolute Gasteiger partial charge is 0.472 e. The van der Waals surface area contributed by atoms with E-state index in [4.69, 9.17) is 9.47 Å². The van der Waals surface area contributed by atoms with Crippen LogP contribution in [0.4, 0.5) is 0 Å². The summed E-state index contributed by atoms with van der Waals surface area (Å²) < 4.78 is 39.7. The number of cyclic esters (lactones) is 1. The number of aryl methyl sites for hydroxylation is 1.